The number of morpholine rings is 1. The van der Waals surface area contributed by atoms with Gasteiger partial charge in [-0.25, -0.2) is 0 Å². The van der Waals surface area contributed by atoms with Gasteiger partial charge in [0.25, 0.3) is 5.91 Å². The molecule has 1 aromatic rings. The number of hydrogen-bond acceptors (Lipinski definition) is 3. The number of amides is 1. The molecule has 0 bridgehead atoms. The second kappa shape index (κ2) is 6.56. The number of rotatable bonds is 1. The van der Waals surface area contributed by atoms with Gasteiger partial charge in [-0.3, -0.25) is 4.79 Å². The molecule has 1 saturated heterocycles. The molecule has 2 atom stereocenters. The average Bonchev–Trinajstić information content (AvgIpc) is 2.43. The normalized spacial score (nSPS) is 22.1. The van der Waals surface area contributed by atoms with Crippen LogP contribution in [0.5, 0.6) is 0 Å². The lowest BCUT2D eigenvalue weighted by molar-refractivity contribution is -0.0586. The summed E-state index contributed by atoms with van der Waals surface area (Å²) in [6.07, 6.45) is 0.111. The van der Waals surface area contributed by atoms with Crippen molar-refractivity contribution in [2.24, 2.45) is 0 Å². The van der Waals surface area contributed by atoms with Crippen molar-refractivity contribution in [3.8, 4) is 11.8 Å². The molecule has 1 aliphatic rings. The zero-order chi connectivity index (χ0) is 14.5. The first-order valence-electron chi connectivity index (χ1n) is 6.74. The summed E-state index contributed by atoms with van der Waals surface area (Å²) in [6.45, 7) is 4.97. The highest BCUT2D eigenvalue weighted by Gasteiger charge is 2.26. The van der Waals surface area contributed by atoms with Crippen LogP contribution in [0.1, 0.15) is 29.8 Å². The largest absolute Gasteiger partial charge is 0.384 e. The van der Waals surface area contributed by atoms with E-state index in [2.05, 4.69) is 11.8 Å². The predicted molar refractivity (Wildman–Crippen MR) is 76.3 cm³/mol. The maximum absolute atomic E-state index is 12.5. The number of aliphatic hydroxyl groups excluding tert-OH is 1. The summed E-state index contributed by atoms with van der Waals surface area (Å²) in [4.78, 5) is 14.3. The summed E-state index contributed by atoms with van der Waals surface area (Å²) in [5, 5.41) is 8.71. The van der Waals surface area contributed by atoms with Gasteiger partial charge in [-0.2, -0.15) is 0 Å². The van der Waals surface area contributed by atoms with Crippen molar-refractivity contribution in [2.45, 2.75) is 26.1 Å². The van der Waals surface area contributed by atoms with Crippen molar-refractivity contribution in [1.82, 2.24) is 4.90 Å². The molecule has 2 rings (SSSR count). The Morgan fingerprint density at radius 1 is 1.40 bits per heavy atom. The number of benzene rings is 1. The Hall–Kier alpha value is -1.83. The standard InChI is InChI=1S/C16H19NO3/c1-12-10-17(11-13(2)20-12)16(19)15-7-3-5-14(9-15)6-4-8-18/h3,5,7,9,12-13,18H,8,10-11H2,1-2H3. The Morgan fingerprint density at radius 2 is 2.10 bits per heavy atom. The Balaban J connectivity index is 2.16. The molecule has 106 valence electrons. The molecule has 0 spiro atoms. The van der Waals surface area contributed by atoms with Crippen molar-refractivity contribution >= 4 is 5.91 Å². The minimum absolute atomic E-state index is 0.000325. The van der Waals surface area contributed by atoms with Crippen molar-refractivity contribution < 1.29 is 14.6 Å². The second-order valence-electron chi connectivity index (χ2n) is 5.01. The van der Waals surface area contributed by atoms with Gasteiger partial charge in [-0.15, -0.1) is 0 Å². The lowest BCUT2D eigenvalue weighted by atomic mass is 10.1. The number of carbonyl (C=O) groups excluding carboxylic acids is 1. The van der Waals surface area contributed by atoms with Crippen LogP contribution in [0, 0.1) is 11.8 Å². The third-order valence-electron chi connectivity index (χ3n) is 3.13. The van der Waals surface area contributed by atoms with Crippen molar-refractivity contribution in [1.29, 1.82) is 0 Å². The first-order chi connectivity index (χ1) is 9.60. The molecule has 1 N–H and O–H groups in total. The fourth-order valence-electron chi connectivity index (χ4n) is 2.40. The van der Waals surface area contributed by atoms with Crippen LogP contribution in [0.3, 0.4) is 0 Å². The van der Waals surface area contributed by atoms with Crippen LogP contribution in [-0.4, -0.2) is 47.8 Å². The van der Waals surface area contributed by atoms with E-state index in [1.807, 2.05) is 30.9 Å². The van der Waals surface area contributed by atoms with Gasteiger partial charge in [0.05, 0.1) is 12.2 Å². The van der Waals surface area contributed by atoms with Crippen LogP contribution >= 0.6 is 0 Å². The van der Waals surface area contributed by atoms with Crippen LogP contribution in [0.15, 0.2) is 24.3 Å². The van der Waals surface area contributed by atoms with Crippen molar-refractivity contribution in [3.05, 3.63) is 35.4 Å². The Bertz CT molecular complexity index is 534. The number of aliphatic hydroxyl groups is 1. The lowest BCUT2D eigenvalue weighted by Gasteiger charge is -2.35. The maximum atomic E-state index is 12.5. The highest BCUT2D eigenvalue weighted by molar-refractivity contribution is 5.94. The summed E-state index contributed by atoms with van der Waals surface area (Å²) >= 11 is 0. The first-order valence-corrected chi connectivity index (χ1v) is 6.74. The summed E-state index contributed by atoms with van der Waals surface area (Å²) in [6, 6.07) is 7.18. The maximum Gasteiger partial charge on any atom is 0.254 e. The number of ether oxygens (including phenoxy) is 1. The fraction of sp³-hybridized carbons (Fsp3) is 0.438. The summed E-state index contributed by atoms with van der Waals surface area (Å²) in [5.41, 5.74) is 1.36. The smallest absolute Gasteiger partial charge is 0.254 e. The molecule has 0 radical (unpaired) electrons. The molecule has 0 aromatic heterocycles. The third-order valence-corrected chi connectivity index (χ3v) is 3.13. The fourth-order valence-corrected chi connectivity index (χ4v) is 2.40. The SMILES string of the molecule is CC1CN(C(=O)c2cccc(C#CCO)c2)CC(C)O1. The minimum Gasteiger partial charge on any atom is -0.384 e. The Morgan fingerprint density at radius 3 is 2.75 bits per heavy atom. The van der Waals surface area contributed by atoms with Crippen LogP contribution in [0.4, 0.5) is 0 Å². The van der Waals surface area contributed by atoms with Gasteiger partial charge in [0.2, 0.25) is 0 Å². The molecule has 0 saturated carbocycles. The van der Waals surface area contributed by atoms with Crippen LogP contribution in [0.2, 0.25) is 0 Å². The van der Waals surface area contributed by atoms with E-state index in [0.717, 1.165) is 5.56 Å². The van der Waals surface area contributed by atoms with E-state index in [9.17, 15) is 4.79 Å². The predicted octanol–water partition coefficient (Wildman–Crippen LogP) is 1.28. The summed E-state index contributed by atoms with van der Waals surface area (Å²) < 4.78 is 5.64. The monoisotopic (exact) mass is 273 g/mol. The molecule has 1 fully saturated rings. The van der Waals surface area contributed by atoms with Gasteiger partial charge >= 0.3 is 0 Å². The molecule has 2 unspecified atom stereocenters. The zero-order valence-corrected chi connectivity index (χ0v) is 11.8. The lowest BCUT2D eigenvalue weighted by Crippen LogP contribution is -2.48. The molecule has 1 aliphatic heterocycles. The molecule has 0 aliphatic carbocycles. The molecule has 4 nitrogen and oxygen atoms in total. The van der Waals surface area contributed by atoms with Gasteiger partial charge in [0.15, 0.2) is 0 Å². The van der Waals surface area contributed by atoms with E-state index in [4.69, 9.17) is 9.84 Å². The van der Waals surface area contributed by atoms with Crippen LogP contribution in [0.25, 0.3) is 0 Å². The third kappa shape index (κ3) is 3.60. The Kier molecular flexibility index (Phi) is 4.78. The molecule has 1 heterocycles. The first kappa shape index (κ1) is 14.6. The van der Waals surface area contributed by atoms with Gasteiger partial charge in [0, 0.05) is 24.2 Å². The second-order valence-corrected chi connectivity index (χ2v) is 5.01. The van der Waals surface area contributed by atoms with Crippen LogP contribution < -0.4 is 0 Å². The zero-order valence-electron chi connectivity index (χ0n) is 11.8. The molecular weight excluding hydrogens is 254 g/mol. The van der Waals surface area contributed by atoms with Gasteiger partial charge in [-0.1, -0.05) is 17.9 Å². The Labute approximate surface area is 119 Å². The molecule has 4 heteroatoms. The van der Waals surface area contributed by atoms with Gasteiger partial charge < -0.3 is 14.7 Å². The van der Waals surface area contributed by atoms with Gasteiger partial charge in [-0.05, 0) is 32.0 Å². The summed E-state index contributed by atoms with van der Waals surface area (Å²) in [7, 11) is 0. The highest BCUT2D eigenvalue weighted by atomic mass is 16.5. The number of carbonyl (C=O) groups is 1. The van der Waals surface area contributed by atoms with E-state index >= 15 is 0 Å². The topological polar surface area (TPSA) is 49.8 Å². The molecule has 1 aromatic carbocycles. The van der Waals surface area contributed by atoms with E-state index in [0.29, 0.717) is 18.7 Å². The number of hydrogen-bond donors (Lipinski definition) is 1. The van der Waals surface area contributed by atoms with Crippen molar-refractivity contribution in [2.75, 3.05) is 19.7 Å². The van der Waals surface area contributed by atoms with E-state index in [-0.39, 0.29) is 24.7 Å². The minimum atomic E-state index is -0.184. The van der Waals surface area contributed by atoms with E-state index in [1.54, 1.807) is 12.1 Å². The van der Waals surface area contributed by atoms with E-state index < -0.39 is 0 Å². The summed E-state index contributed by atoms with van der Waals surface area (Å²) in [5.74, 6) is 5.40. The van der Waals surface area contributed by atoms with Crippen LogP contribution in [-0.2, 0) is 4.74 Å². The average molecular weight is 273 g/mol. The molecular formula is C16H19NO3. The van der Waals surface area contributed by atoms with Crippen molar-refractivity contribution in [3.63, 3.8) is 0 Å². The van der Waals surface area contributed by atoms with Gasteiger partial charge in [0.1, 0.15) is 6.61 Å². The van der Waals surface area contributed by atoms with E-state index in [1.165, 1.54) is 0 Å². The molecule has 20 heavy (non-hydrogen) atoms. The quantitative estimate of drug-likeness (QED) is 0.784. The molecule has 1 amide bonds. The number of nitrogens with zero attached hydrogens (tertiary/aromatic N) is 1. The highest BCUT2D eigenvalue weighted by Crippen LogP contribution is 2.15.